The number of unbranched alkanes of at least 4 members (excludes halogenated alkanes) is 1. The number of hydrogen-bond donors (Lipinski definition) is 2. The second-order valence-electron chi connectivity index (χ2n) is 14.3. The first-order valence-corrected chi connectivity index (χ1v) is 16.0. The standard InChI is InChI=1S/C36H41F9N2O5/c1-7-8-9-10-21-11-14-24(26(15-21)35(41,42)43)25-16-22-12-13-23(17-27(22)52-28(25)48)50-19-33(37,38)36(44,45)34(39,40)20-51-29(49)32(6,31(4,5)47)18-30(2,3)46/h7,11-17H,1,8-10,18-20,46-47H2,2-6H3. The number of halogens is 9. The number of alkyl halides is 9. The van der Waals surface area contributed by atoms with Gasteiger partial charge in [0.2, 0.25) is 0 Å². The molecule has 0 aliphatic heterocycles. The number of esters is 1. The Kier molecular flexibility index (Phi) is 12.0. The van der Waals surface area contributed by atoms with Crippen molar-refractivity contribution in [1.82, 2.24) is 0 Å². The van der Waals surface area contributed by atoms with E-state index in [4.69, 9.17) is 20.6 Å². The Morgan fingerprint density at radius 3 is 2.02 bits per heavy atom. The smallest absolute Gasteiger partial charge is 0.417 e. The summed E-state index contributed by atoms with van der Waals surface area (Å²) >= 11 is 0. The zero-order valence-electron chi connectivity index (χ0n) is 29.2. The van der Waals surface area contributed by atoms with Gasteiger partial charge in [0.25, 0.3) is 0 Å². The fourth-order valence-electron chi connectivity index (χ4n) is 5.45. The maximum absolute atomic E-state index is 14.7. The Balaban J connectivity index is 1.82. The van der Waals surface area contributed by atoms with Gasteiger partial charge in [0, 0.05) is 28.1 Å². The van der Waals surface area contributed by atoms with Crippen LogP contribution in [0.15, 0.2) is 64.3 Å². The van der Waals surface area contributed by atoms with Crippen molar-refractivity contribution < 1.29 is 58.2 Å². The molecule has 3 rings (SSSR count). The lowest BCUT2D eigenvalue weighted by Crippen LogP contribution is -2.60. The van der Waals surface area contributed by atoms with Crippen molar-refractivity contribution in [3.63, 3.8) is 0 Å². The molecule has 1 aromatic heterocycles. The summed E-state index contributed by atoms with van der Waals surface area (Å²) in [5, 5.41) is 0.00116. The molecule has 3 aromatic rings. The van der Waals surface area contributed by atoms with E-state index in [2.05, 4.69) is 11.3 Å². The second-order valence-corrected chi connectivity index (χ2v) is 14.3. The second kappa shape index (κ2) is 14.8. The number of allylic oxidation sites excluding steroid dienone is 1. The quantitative estimate of drug-likeness (QED) is 0.0495. The molecular formula is C36H41F9N2O5. The van der Waals surface area contributed by atoms with Crippen molar-refractivity contribution in [1.29, 1.82) is 0 Å². The van der Waals surface area contributed by atoms with E-state index in [0.29, 0.717) is 24.8 Å². The maximum atomic E-state index is 14.7. The third kappa shape index (κ3) is 9.29. The summed E-state index contributed by atoms with van der Waals surface area (Å²) in [7, 11) is 0. The third-order valence-electron chi connectivity index (χ3n) is 8.67. The van der Waals surface area contributed by atoms with E-state index in [1.807, 2.05) is 0 Å². The van der Waals surface area contributed by atoms with Gasteiger partial charge >= 0.3 is 35.5 Å². The molecule has 1 heterocycles. The summed E-state index contributed by atoms with van der Waals surface area (Å²) in [5.41, 5.74) is 4.33. The summed E-state index contributed by atoms with van der Waals surface area (Å²) in [5.74, 6) is -19.3. The molecule has 288 valence electrons. The van der Waals surface area contributed by atoms with Gasteiger partial charge in [0.05, 0.1) is 16.5 Å². The molecule has 1 atom stereocenters. The van der Waals surface area contributed by atoms with Gasteiger partial charge in [0.15, 0.2) is 13.2 Å². The molecule has 0 aliphatic rings. The van der Waals surface area contributed by atoms with Crippen LogP contribution in [-0.2, 0) is 22.1 Å². The molecule has 0 saturated heterocycles. The average molecular weight is 753 g/mol. The van der Waals surface area contributed by atoms with Gasteiger partial charge in [-0.3, -0.25) is 4.79 Å². The molecule has 0 bridgehead atoms. The van der Waals surface area contributed by atoms with Crippen molar-refractivity contribution in [2.75, 3.05) is 13.2 Å². The van der Waals surface area contributed by atoms with E-state index in [9.17, 15) is 49.1 Å². The van der Waals surface area contributed by atoms with Gasteiger partial charge in [-0.15, -0.1) is 6.58 Å². The highest BCUT2D eigenvalue weighted by Crippen LogP contribution is 2.47. The van der Waals surface area contributed by atoms with Gasteiger partial charge in [-0.25, -0.2) is 4.79 Å². The Hall–Kier alpha value is -4.05. The van der Waals surface area contributed by atoms with Gasteiger partial charge in [0.1, 0.15) is 11.3 Å². The van der Waals surface area contributed by atoms with Gasteiger partial charge in [-0.2, -0.15) is 39.5 Å². The van der Waals surface area contributed by atoms with E-state index in [1.54, 1.807) is 6.08 Å². The fraction of sp³-hybridized carbons (Fsp3) is 0.500. The van der Waals surface area contributed by atoms with Crippen LogP contribution in [-0.4, -0.2) is 48.0 Å². The monoisotopic (exact) mass is 752 g/mol. The summed E-state index contributed by atoms with van der Waals surface area (Å²) in [4.78, 5) is 25.7. The summed E-state index contributed by atoms with van der Waals surface area (Å²) < 4.78 is 145. The molecule has 4 N–H and O–H groups in total. The van der Waals surface area contributed by atoms with Crippen LogP contribution < -0.4 is 21.8 Å². The number of nitrogens with two attached hydrogens (primary N) is 2. The summed E-state index contributed by atoms with van der Waals surface area (Å²) in [6, 6.07) is 7.35. The minimum absolute atomic E-state index is 0.00116. The largest absolute Gasteiger partial charge is 0.487 e. The Bertz CT molecular complexity index is 1830. The van der Waals surface area contributed by atoms with Crippen LogP contribution in [0.1, 0.15) is 65.0 Å². The zero-order chi connectivity index (χ0) is 39.7. The Labute approximate surface area is 294 Å². The maximum Gasteiger partial charge on any atom is 0.417 e. The van der Waals surface area contributed by atoms with Crippen LogP contribution >= 0.6 is 0 Å². The van der Waals surface area contributed by atoms with Crippen LogP contribution in [0, 0.1) is 5.41 Å². The lowest BCUT2D eigenvalue weighted by Gasteiger charge is -2.43. The van der Waals surface area contributed by atoms with Crippen LogP contribution in [0.3, 0.4) is 0 Å². The number of rotatable bonds is 16. The van der Waals surface area contributed by atoms with Crippen LogP contribution in [0.4, 0.5) is 39.5 Å². The van der Waals surface area contributed by atoms with Gasteiger partial charge in [-0.05, 0) is 90.1 Å². The highest BCUT2D eigenvalue weighted by atomic mass is 19.4. The first kappa shape index (κ1) is 42.4. The van der Waals surface area contributed by atoms with Gasteiger partial charge < -0.3 is 25.4 Å². The van der Waals surface area contributed by atoms with Crippen LogP contribution in [0.25, 0.3) is 22.1 Å². The predicted octanol–water partition coefficient (Wildman–Crippen LogP) is 8.69. The lowest BCUT2D eigenvalue weighted by molar-refractivity contribution is -0.323. The van der Waals surface area contributed by atoms with Crippen molar-refractivity contribution in [3.05, 3.63) is 76.7 Å². The molecule has 0 saturated carbocycles. The van der Waals surface area contributed by atoms with Crippen molar-refractivity contribution in [3.8, 4) is 16.9 Å². The molecule has 0 aliphatic carbocycles. The highest BCUT2D eigenvalue weighted by Gasteiger charge is 2.72. The minimum atomic E-state index is -6.11. The number of ether oxygens (including phenoxy) is 2. The summed E-state index contributed by atoms with van der Waals surface area (Å²) in [6.07, 6.45) is -2.01. The molecule has 52 heavy (non-hydrogen) atoms. The van der Waals surface area contributed by atoms with Crippen LogP contribution in [0.5, 0.6) is 5.75 Å². The first-order chi connectivity index (χ1) is 23.6. The molecule has 1 unspecified atom stereocenters. The van der Waals surface area contributed by atoms with E-state index >= 15 is 0 Å². The molecule has 16 heteroatoms. The minimum Gasteiger partial charge on any atom is -0.487 e. The van der Waals surface area contributed by atoms with E-state index in [1.165, 1.54) is 40.7 Å². The molecule has 7 nitrogen and oxygen atoms in total. The van der Waals surface area contributed by atoms with E-state index in [-0.39, 0.29) is 17.4 Å². The Morgan fingerprint density at radius 2 is 1.46 bits per heavy atom. The Morgan fingerprint density at radius 1 is 0.846 bits per heavy atom. The summed E-state index contributed by atoms with van der Waals surface area (Å²) in [6.45, 7) is 5.75. The molecule has 2 aromatic carbocycles. The normalized spacial score (nSPS) is 14.6. The van der Waals surface area contributed by atoms with Gasteiger partial charge in [-0.1, -0.05) is 18.2 Å². The predicted molar refractivity (Wildman–Crippen MR) is 177 cm³/mol. The van der Waals surface area contributed by atoms with E-state index in [0.717, 1.165) is 36.4 Å². The lowest BCUT2D eigenvalue weighted by atomic mass is 9.67. The molecular weight excluding hydrogens is 711 g/mol. The third-order valence-corrected chi connectivity index (χ3v) is 8.67. The number of benzene rings is 2. The van der Waals surface area contributed by atoms with Crippen LogP contribution in [0.2, 0.25) is 0 Å². The van der Waals surface area contributed by atoms with Crippen molar-refractivity contribution in [2.24, 2.45) is 16.9 Å². The molecule has 0 spiro atoms. The first-order valence-electron chi connectivity index (χ1n) is 16.0. The molecule has 0 amide bonds. The number of aryl methyl sites for hydroxylation is 1. The molecule has 0 fully saturated rings. The fourth-order valence-corrected chi connectivity index (χ4v) is 5.45. The number of carbonyl (C=O) groups excluding carboxylic acids is 1. The van der Waals surface area contributed by atoms with Crippen molar-refractivity contribution >= 4 is 16.9 Å². The average Bonchev–Trinajstić information content (AvgIpc) is 3.00. The highest BCUT2D eigenvalue weighted by molar-refractivity contribution is 5.83. The number of fused-ring (bicyclic) bond motifs is 1. The number of hydrogen-bond acceptors (Lipinski definition) is 7. The molecule has 0 radical (unpaired) electrons. The van der Waals surface area contributed by atoms with E-state index < -0.39 is 87.7 Å². The van der Waals surface area contributed by atoms with Crippen molar-refractivity contribution in [2.45, 2.75) is 95.3 Å². The zero-order valence-corrected chi connectivity index (χ0v) is 29.2. The SMILES string of the molecule is C=CCCCc1ccc(-c2cc3ccc(OCC(F)(F)C(F)(F)C(F)(F)COC(=O)C(C)(CC(C)(C)N)C(C)(C)N)cc3oc2=O)c(C(F)(F)F)c1. The topological polar surface area (TPSA) is 118 Å². The number of carbonyl (C=O) groups is 1.